The van der Waals surface area contributed by atoms with Gasteiger partial charge in [-0.2, -0.15) is 4.98 Å². The van der Waals surface area contributed by atoms with Gasteiger partial charge in [-0.05, 0) is 12.5 Å². The molecule has 4 N–H and O–H groups in total. The van der Waals surface area contributed by atoms with Gasteiger partial charge in [-0.1, -0.05) is 0 Å². The lowest BCUT2D eigenvalue weighted by atomic mass is 9.97. The molecular weight excluding hydrogens is 254 g/mol. The maximum atomic E-state index is 11.7. The Morgan fingerprint density at radius 3 is 2.95 bits per heavy atom. The third kappa shape index (κ3) is 2.91. The van der Waals surface area contributed by atoms with Crippen molar-refractivity contribution in [1.29, 1.82) is 0 Å². The second-order valence-corrected chi connectivity index (χ2v) is 4.45. The van der Waals surface area contributed by atoms with Gasteiger partial charge in [0.15, 0.2) is 0 Å². The van der Waals surface area contributed by atoms with Crippen LogP contribution in [0.4, 0.5) is 5.82 Å². The normalized spacial score (nSPS) is 26.5. The van der Waals surface area contributed by atoms with E-state index in [0.29, 0.717) is 6.42 Å². The van der Waals surface area contributed by atoms with Crippen molar-refractivity contribution in [2.24, 2.45) is 5.92 Å². The minimum Gasteiger partial charge on any atom is -0.481 e. The van der Waals surface area contributed by atoms with Crippen LogP contribution in [0.25, 0.3) is 0 Å². The third-order valence-corrected chi connectivity index (χ3v) is 3.14. The minimum atomic E-state index is -0.963. The summed E-state index contributed by atoms with van der Waals surface area (Å²) >= 11 is 0. The third-order valence-electron chi connectivity index (χ3n) is 3.14. The summed E-state index contributed by atoms with van der Waals surface area (Å²) in [5.74, 6) is -1.19. The second kappa shape index (κ2) is 5.37. The molecule has 2 heterocycles. The van der Waals surface area contributed by atoms with E-state index in [1.807, 2.05) is 0 Å². The van der Waals surface area contributed by atoms with Crippen LogP contribution >= 0.6 is 0 Å². The van der Waals surface area contributed by atoms with E-state index >= 15 is 0 Å². The Bertz CT molecular complexity index is 529. The maximum Gasteiger partial charge on any atom is 0.351 e. The smallest absolute Gasteiger partial charge is 0.351 e. The number of hydrogen-bond acceptors (Lipinski definition) is 6. The highest BCUT2D eigenvalue weighted by molar-refractivity contribution is 5.67. The molecule has 1 aromatic rings. The fourth-order valence-electron chi connectivity index (χ4n) is 2.23. The highest BCUT2D eigenvalue weighted by atomic mass is 16.5. The summed E-state index contributed by atoms with van der Waals surface area (Å²) in [4.78, 5) is 26.0. The van der Waals surface area contributed by atoms with E-state index in [1.54, 1.807) is 0 Å². The molecule has 2 rings (SSSR count). The molecule has 0 radical (unpaired) electrons. The van der Waals surface area contributed by atoms with Crippen LogP contribution in [0.15, 0.2) is 17.1 Å². The van der Waals surface area contributed by atoms with Crippen molar-refractivity contribution in [2.75, 3.05) is 12.3 Å². The molecule has 104 valence electrons. The molecule has 1 aliphatic heterocycles. The topological polar surface area (TPSA) is 128 Å². The number of nitrogens with zero attached hydrogens (tertiary/aromatic N) is 2. The standard InChI is InChI=1S/C11H15N3O5/c12-8-1-2-14(11(18)13-8)9-3-6(4-10(16)17)7(5-15)19-9/h1-2,6-7,9,15H,3-5H2,(H,16,17)(H2,12,13,18)/t6?,7-,9-/m1/s1. The fourth-order valence-corrected chi connectivity index (χ4v) is 2.23. The van der Waals surface area contributed by atoms with Gasteiger partial charge in [-0.15, -0.1) is 0 Å². The van der Waals surface area contributed by atoms with Crippen LogP contribution < -0.4 is 11.4 Å². The predicted octanol–water partition coefficient (Wildman–Crippen LogP) is -0.804. The number of nitrogen functional groups attached to an aromatic ring is 1. The van der Waals surface area contributed by atoms with Crippen molar-refractivity contribution in [3.8, 4) is 0 Å². The summed E-state index contributed by atoms with van der Waals surface area (Å²) in [5, 5.41) is 18.0. The average Bonchev–Trinajstić information content (AvgIpc) is 2.71. The zero-order valence-electron chi connectivity index (χ0n) is 10.1. The number of aliphatic hydroxyl groups excluding tert-OH is 1. The summed E-state index contributed by atoms with van der Waals surface area (Å²) in [6.45, 7) is -0.286. The molecule has 1 fully saturated rings. The molecule has 0 spiro atoms. The van der Waals surface area contributed by atoms with E-state index in [-0.39, 0.29) is 24.8 Å². The first-order chi connectivity index (χ1) is 9.01. The fraction of sp³-hybridized carbons (Fsp3) is 0.545. The molecule has 8 heteroatoms. The van der Waals surface area contributed by atoms with Gasteiger partial charge in [0.05, 0.1) is 19.1 Å². The highest BCUT2D eigenvalue weighted by Gasteiger charge is 2.37. The molecule has 8 nitrogen and oxygen atoms in total. The van der Waals surface area contributed by atoms with Gasteiger partial charge >= 0.3 is 11.7 Å². The molecule has 0 aromatic carbocycles. The zero-order chi connectivity index (χ0) is 14.0. The molecule has 1 aliphatic rings. The summed E-state index contributed by atoms with van der Waals surface area (Å²) in [7, 11) is 0. The predicted molar refractivity (Wildman–Crippen MR) is 64.3 cm³/mol. The molecule has 1 aromatic heterocycles. The van der Waals surface area contributed by atoms with E-state index < -0.39 is 24.0 Å². The first-order valence-electron chi connectivity index (χ1n) is 5.84. The zero-order valence-corrected chi connectivity index (χ0v) is 10.1. The number of ether oxygens (including phenoxy) is 1. The first kappa shape index (κ1) is 13.5. The van der Waals surface area contributed by atoms with E-state index in [0.717, 1.165) is 0 Å². The maximum absolute atomic E-state index is 11.7. The summed E-state index contributed by atoms with van der Waals surface area (Å²) in [5.41, 5.74) is 4.83. The average molecular weight is 269 g/mol. The van der Waals surface area contributed by atoms with Crippen molar-refractivity contribution >= 4 is 11.8 Å². The molecule has 3 atom stereocenters. The number of carboxylic acid groups (broad SMARTS) is 1. The van der Waals surface area contributed by atoms with Crippen LogP contribution in [-0.4, -0.2) is 38.4 Å². The quantitative estimate of drug-likeness (QED) is 0.652. The molecule has 0 bridgehead atoms. The van der Waals surface area contributed by atoms with E-state index in [2.05, 4.69) is 4.98 Å². The van der Waals surface area contributed by atoms with Crippen LogP contribution in [0.2, 0.25) is 0 Å². The van der Waals surface area contributed by atoms with Gasteiger partial charge in [0, 0.05) is 12.1 Å². The number of aliphatic hydroxyl groups is 1. The molecule has 0 amide bonds. The summed E-state index contributed by atoms with van der Waals surface area (Å²) in [6.07, 6.45) is 0.460. The van der Waals surface area contributed by atoms with Gasteiger partial charge in [-0.3, -0.25) is 9.36 Å². The largest absolute Gasteiger partial charge is 0.481 e. The number of carboxylic acids is 1. The monoisotopic (exact) mass is 269 g/mol. The number of aromatic nitrogens is 2. The van der Waals surface area contributed by atoms with E-state index in [1.165, 1.54) is 16.8 Å². The first-order valence-corrected chi connectivity index (χ1v) is 5.84. The van der Waals surface area contributed by atoms with Crippen molar-refractivity contribution in [1.82, 2.24) is 9.55 Å². The summed E-state index contributed by atoms with van der Waals surface area (Å²) in [6, 6.07) is 1.46. The van der Waals surface area contributed by atoms with Gasteiger partial charge in [0.1, 0.15) is 12.0 Å². The minimum absolute atomic E-state index is 0.111. The van der Waals surface area contributed by atoms with Crippen LogP contribution in [0.3, 0.4) is 0 Å². The Balaban J connectivity index is 2.19. The molecule has 1 unspecified atom stereocenters. The number of carbonyl (C=O) groups is 1. The molecule has 1 saturated heterocycles. The van der Waals surface area contributed by atoms with Crippen molar-refractivity contribution in [3.05, 3.63) is 22.7 Å². The van der Waals surface area contributed by atoms with Crippen LogP contribution in [-0.2, 0) is 9.53 Å². The SMILES string of the molecule is Nc1ccn([C@H]2CC(CC(=O)O)[C@@H](CO)O2)c(=O)n1. The lowest BCUT2D eigenvalue weighted by Crippen LogP contribution is -2.27. The number of hydrogen-bond donors (Lipinski definition) is 3. The lowest BCUT2D eigenvalue weighted by Gasteiger charge is -2.14. The van der Waals surface area contributed by atoms with Crippen molar-refractivity contribution in [2.45, 2.75) is 25.2 Å². The number of anilines is 1. The van der Waals surface area contributed by atoms with Gasteiger partial charge < -0.3 is 20.7 Å². The molecular formula is C11H15N3O5. The Kier molecular flexibility index (Phi) is 3.82. The van der Waals surface area contributed by atoms with Crippen LogP contribution in [0, 0.1) is 5.92 Å². The number of rotatable bonds is 4. The van der Waals surface area contributed by atoms with Gasteiger partial charge in [-0.25, -0.2) is 4.79 Å². The van der Waals surface area contributed by atoms with Gasteiger partial charge in [0.25, 0.3) is 0 Å². The Morgan fingerprint density at radius 1 is 1.63 bits per heavy atom. The Labute approximate surface area is 108 Å². The van der Waals surface area contributed by atoms with Crippen LogP contribution in [0.5, 0.6) is 0 Å². The highest BCUT2D eigenvalue weighted by Crippen LogP contribution is 2.34. The van der Waals surface area contributed by atoms with Crippen LogP contribution in [0.1, 0.15) is 19.1 Å². The van der Waals surface area contributed by atoms with E-state index in [4.69, 9.17) is 15.6 Å². The molecule has 0 saturated carbocycles. The number of nitrogens with two attached hydrogens (primary N) is 1. The van der Waals surface area contributed by atoms with Crippen molar-refractivity contribution < 1.29 is 19.7 Å². The number of aliphatic carboxylic acids is 1. The molecule has 19 heavy (non-hydrogen) atoms. The lowest BCUT2D eigenvalue weighted by molar-refractivity contribution is -0.138. The van der Waals surface area contributed by atoms with E-state index in [9.17, 15) is 14.7 Å². The molecule has 0 aliphatic carbocycles. The van der Waals surface area contributed by atoms with Crippen molar-refractivity contribution in [3.63, 3.8) is 0 Å². The van der Waals surface area contributed by atoms with Gasteiger partial charge in [0.2, 0.25) is 0 Å². The Hall–Kier alpha value is -1.93. The second-order valence-electron chi connectivity index (χ2n) is 4.45. The Morgan fingerprint density at radius 2 is 2.37 bits per heavy atom. The summed E-state index contributed by atoms with van der Waals surface area (Å²) < 4.78 is 6.75.